The minimum Gasteiger partial charge on any atom is -0.483 e. The van der Waals surface area contributed by atoms with Crippen LogP contribution in [0.25, 0.3) is 0 Å². The highest BCUT2D eigenvalue weighted by Crippen LogP contribution is 2.35. The van der Waals surface area contributed by atoms with Gasteiger partial charge in [0.2, 0.25) is 0 Å². The molecule has 3 N–H and O–H groups in total. The van der Waals surface area contributed by atoms with Crippen molar-refractivity contribution in [1.82, 2.24) is 5.32 Å². The normalized spacial score (nSPS) is 16.5. The maximum Gasteiger partial charge on any atom is 0.257 e. The fourth-order valence-electron chi connectivity index (χ4n) is 2.24. The predicted octanol–water partition coefficient (Wildman–Crippen LogP) is 1.04. The van der Waals surface area contributed by atoms with Crippen LogP contribution in [0.3, 0.4) is 0 Å². The van der Waals surface area contributed by atoms with Crippen LogP contribution >= 0.6 is 0 Å². The second-order valence-electron chi connectivity index (χ2n) is 4.52. The maximum atomic E-state index is 11.5. The fourth-order valence-corrected chi connectivity index (χ4v) is 2.24. The molecule has 0 bridgehead atoms. The van der Waals surface area contributed by atoms with E-state index in [1.54, 1.807) is 0 Å². The van der Waals surface area contributed by atoms with E-state index in [1.165, 1.54) is 0 Å². The molecule has 1 aromatic carbocycles. The van der Waals surface area contributed by atoms with E-state index >= 15 is 0 Å². The number of fused-ring (bicyclic) bond motifs is 1. The first-order valence-corrected chi connectivity index (χ1v) is 6.36. The highest BCUT2D eigenvalue weighted by molar-refractivity contribution is 5.77. The van der Waals surface area contributed by atoms with Gasteiger partial charge in [-0.05, 0) is 30.0 Å². The average molecular weight is 259 g/mol. The highest BCUT2D eigenvalue weighted by atomic mass is 16.5. The molecule has 0 aromatic heterocycles. The molecule has 19 heavy (non-hydrogen) atoms. The largest absolute Gasteiger partial charge is 0.483 e. The minimum atomic E-state index is -0.213. The van der Waals surface area contributed by atoms with Gasteiger partial charge in [-0.1, -0.05) is 12.1 Å². The summed E-state index contributed by atoms with van der Waals surface area (Å²) in [6, 6.07) is 7.80. The Balaban J connectivity index is 1.91. The third-order valence-corrected chi connectivity index (χ3v) is 3.19. The van der Waals surface area contributed by atoms with E-state index < -0.39 is 0 Å². The van der Waals surface area contributed by atoms with Gasteiger partial charge in [0.15, 0.2) is 6.61 Å². The summed E-state index contributed by atoms with van der Waals surface area (Å²) in [5.74, 6) is 0.524. The summed E-state index contributed by atoms with van der Waals surface area (Å²) in [5.41, 5.74) is 8.21. The molecule has 5 heteroatoms. The van der Waals surface area contributed by atoms with Gasteiger partial charge in [0.25, 0.3) is 5.91 Å². The number of benzene rings is 1. The standard InChI is InChI=1S/C14H17N3O2/c15-7-2-8-17-14(18)9-19-13-4-1-3-10-11(13)5-6-12(10)16/h1,3-4,12H,2,5-6,8-9,16H2,(H,17,18). The van der Waals surface area contributed by atoms with Crippen LogP contribution in [0.4, 0.5) is 0 Å². The van der Waals surface area contributed by atoms with Gasteiger partial charge in [-0.3, -0.25) is 4.79 Å². The van der Waals surface area contributed by atoms with Crippen molar-refractivity contribution in [3.8, 4) is 11.8 Å². The van der Waals surface area contributed by atoms with Crippen LogP contribution in [-0.2, 0) is 11.2 Å². The predicted molar refractivity (Wildman–Crippen MR) is 70.4 cm³/mol. The number of nitrogens with one attached hydrogen (secondary N) is 1. The van der Waals surface area contributed by atoms with E-state index in [-0.39, 0.29) is 18.6 Å². The first-order valence-electron chi connectivity index (χ1n) is 6.36. The molecular formula is C14H17N3O2. The lowest BCUT2D eigenvalue weighted by molar-refractivity contribution is -0.123. The Labute approximate surface area is 112 Å². The molecule has 1 aromatic rings. The number of ether oxygens (including phenoxy) is 1. The molecule has 0 heterocycles. The Morgan fingerprint density at radius 2 is 2.42 bits per heavy atom. The van der Waals surface area contributed by atoms with Crippen molar-refractivity contribution < 1.29 is 9.53 Å². The topological polar surface area (TPSA) is 88.1 Å². The Kier molecular flexibility index (Phi) is 4.37. The van der Waals surface area contributed by atoms with Gasteiger partial charge < -0.3 is 15.8 Å². The third-order valence-electron chi connectivity index (χ3n) is 3.19. The van der Waals surface area contributed by atoms with Crippen LogP contribution in [-0.4, -0.2) is 19.1 Å². The molecule has 1 atom stereocenters. The number of nitriles is 1. The number of amides is 1. The van der Waals surface area contributed by atoms with Crippen LogP contribution in [0.1, 0.15) is 30.0 Å². The van der Waals surface area contributed by atoms with Crippen molar-refractivity contribution in [2.24, 2.45) is 5.73 Å². The van der Waals surface area contributed by atoms with Crippen LogP contribution in [0.2, 0.25) is 0 Å². The van der Waals surface area contributed by atoms with Crippen molar-refractivity contribution >= 4 is 5.91 Å². The summed E-state index contributed by atoms with van der Waals surface area (Å²) in [7, 11) is 0. The molecule has 1 aliphatic rings. The minimum absolute atomic E-state index is 0.0306. The fraction of sp³-hybridized carbons (Fsp3) is 0.429. The molecule has 0 saturated carbocycles. The molecular weight excluding hydrogens is 242 g/mol. The van der Waals surface area contributed by atoms with E-state index in [0.717, 1.165) is 29.7 Å². The van der Waals surface area contributed by atoms with E-state index in [9.17, 15) is 4.79 Å². The number of carbonyl (C=O) groups excluding carboxylic acids is 1. The molecule has 1 amide bonds. The van der Waals surface area contributed by atoms with E-state index in [4.69, 9.17) is 15.7 Å². The summed E-state index contributed by atoms with van der Waals surface area (Å²) < 4.78 is 5.54. The molecule has 0 spiro atoms. The molecule has 1 unspecified atom stereocenters. The van der Waals surface area contributed by atoms with Gasteiger partial charge in [0, 0.05) is 12.6 Å². The number of carbonyl (C=O) groups is 1. The monoisotopic (exact) mass is 259 g/mol. The second kappa shape index (κ2) is 6.21. The molecule has 100 valence electrons. The van der Waals surface area contributed by atoms with Crippen molar-refractivity contribution in [3.63, 3.8) is 0 Å². The number of nitrogens with zero attached hydrogens (tertiary/aromatic N) is 1. The lowest BCUT2D eigenvalue weighted by atomic mass is 10.1. The summed E-state index contributed by atoms with van der Waals surface area (Å²) in [6.07, 6.45) is 2.12. The Bertz CT molecular complexity index is 508. The van der Waals surface area contributed by atoms with Crippen molar-refractivity contribution in [2.75, 3.05) is 13.2 Å². The Hall–Kier alpha value is -2.06. The highest BCUT2D eigenvalue weighted by Gasteiger charge is 2.22. The first kappa shape index (κ1) is 13.4. The molecule has 0 aliphatic heterocycles. The third kappa shape index (κ3) is 3.24. The van der Waals surface area contributed by atoms with Gasteiger partial charge in [0.1, 0.15) is 5.75 Å². The zero-order valence-electron chi connectivity index (χ0n) is 10.7. The van der Waals surface area contributed by atoms with E-state index in [1.807, 2.05) is 24.3 Å². The van der Waals surface area contributed by atoms with Gasteiger partial charge >= 0.3 is 0 Å². The van der Waals surface area contributed by atoms with Crippen LogP contribution < -0.4 is 15.8 Å². The molecule has 0 saturated heterocycles. The van der Waals surface area contributed by atoms with E-state index in [0.29, 0.717) is 13.0 Å². The van der Waals surface area contributed by atoms with Crippen molar-refractivity contribution in [3.05, 3.63) is 29.3 Å². The van der Waals surface area contributed by atoms with Crippen LogP contribution in [0.5, 0.6) is 5.75 Å². The summed E-state index contributed by atoms with van der Waals surface area (Å²) in [4.78, 5) is 11.5. The van der Waals surface area contributed by atoms with Gasteiger partial charge in [0.05, 0.1) is 12.5 Å². The van der Waals surface area contributed by atoms with Gasteiger partial charge in [-0.25, -0.2) is 0 Å². The lowest BCUT2D eigenvalue weighted by Gasteiger charge is -2.11. The van der Waals surface area contributed by atoms with Crippen molar-refractivity contribution in [2.45, 2.75) is 25.3 Å². The Morgan fingerprint density at radius 3 is 3.21 bits per heavy atom. The molecule has 0 radical (unpaired) electrons. The number of rotatable bonds is 5. The smallest absolute Gasteiger partial charge is 0.257 e. The van der Waals surface area contributed by atoms with Crippen molar-refractivity contribution in [1.29, 1.82) is 5.26 Å². The van der Waals surface area contributed by atoms with Gasteiger partial charge in [-0.15, -0.1) is 0 Å². The van der Waals surface area contributed by atoms with Crippen LogP contribution in [0.15, 0.2) is 18.2 Å². The molecule has 0 fully saturated rings. The summed E-state index contributed by atoms with van der Waals surface area (Å²) >= 11 is 0. The number of hydrogen-bond acceptors (Lipinski definition) is 4. The first-order chi connectivity index (χ1) is 9.22. The zero-order chi connectivity index (χ0) is 13.7. The molecule has 2 rings (SSSR count). The summed E-state index contributed by atoms with van der Waals surface area (Å²) in [5, 5.41) is 11.0. The quantitative estimate of drug-likeness (QED) is 0.773. The van der Waals surface area contributed by atoms with E-state index in [2.05, 4.69) is 5.32 Å². The molecule has 5 nitrogen and oxygen atoms in total. The number of hydrogen-bond donors (Lipinski definition) is 2. The zero-order valence-corrected chi connectivity index (χ0v) is 10.7. The average Bonchev–Trinajstić information content (AvgIpc) is 2.79. The summed E-state index contributed by atoms with van der Waals surface area (Å²) in [6.45, 7) is 0.327. The lowest BCUT2D eigenvalue weighted by Crippen LogP contribution is -2.29. The number of nitrogens with two attached hydrogens (primary N) is 1. The second-order valence-corrected chi connectivity index (χ2v) is 4.52. The molecule has 1 aliphatic carbocycles. The Morgan fingerprint density at radius 1 is 1.58 bits per heavy atom. The SMILES string of the molecule is N#CCCNC(=O)COc1cccc2c1CCC2N. The maximum absolute atomic E-state index is 11.5. The van der Waals surface area contributed by atoms with Crippen LogP contribution in [0, 0.1) is 11.3 Å². The van der Waals surface area contributed by atoms with Gasteiger partial charge in [-0.2, -0.15) is 5.26 Å².